The standard InChI is InChI=1S/C13H16ClNO3/c1-15(9-13(17)18-2)8-7-12(16)10-3-5-11(14)6-4-10/h3-6H,7-9H2,1-2H3. The number of esters is 1. The van der Waals surface area contributed by atoms with Crippen LogP contribution in [0.5, 0.6) is 0 Å². The molecule has 1 aromatic rings. The summed E-state index contributed by atoms with van der Waals surface area (Å²) in [5, 5.41) is 0.606. The minimum absolute atomic E-state index is 0.0309. The second-order valence-electron chi connectivity index (χ2n) is 3.99. The molecule has 0 aliphatic heterocycles. The third-order valence-corrected chi connectivity index (χ3v) is 2.77. The van der Waals surface area contributed by atoms with Crippen molar-refractivity contribution in [2.75, 3.05) is 27.2 Å². The smallest absolute Gasteiger partial charge is 0.319 e. The lowest BCUT2D eigenvalue weighted by Crippen LogP contribution is -2.28. The number of Topliss-reactive ketones (excluding diaryl/α,β-unsaturated/α-hetero) is 1. The molecule has 0 saturated heterocycles. The number of carbonyl (C=O) groups excluding carboxylic acids is 2. The van der Waals surface area contributed by atoms with Crippen LogP contribution in [0.4, 0.5) is 0 Å². The van der Waals surface area contributed by atoms with Crippen molar-refractivity contribution in [1.29, 1.82) is 0 Å². The number of carbonyl (C=O) groups is 2. The average molecular weight is 270 g/mol. The number of nitrogens with zero attached hydrogens (tertiary/aromatic N) is 1. The molecule has 4 nitrogen and oxygen atoms in total. The van der Waals surface area contributed by atoms with E-state index in [0.717, 1.165) is 0 Å². The summed E-state index contributed by atoms with van der Waals surface area (Å²) < 4.78 is 4.55. The van der Waals surface area contributed by atoms with Crippen molar-refractivity contribution in [2.45, 2.75) is 6.42 Å². The summed E-state index contributed by atoms with van der Waals surface area (Å²) in [5.74, 6) is -0.278. The molecule has 0 aliphatic carbocycles. The number of likely N-dealkylation sites (N-methyl/N-ethyl adjacent to an activating group) is 1. The second-order valence-corrected chi connectivity index (χ2v) is 4.43. The lowest BCUT2D eigenvalue weighted by molar-refractivity contribution is -0.141. The maximum absolute atomic E-state index is 11.8. The molecule has 0 heterocycles. The van der Waals surface area contributed by atoms with E-state index in [4.69, 9.17) is 11.6 Å². The van der Waals surface area contributed by atoms with Gasteiger partial charge in [-0.1, -0.05) is 11.6 Å². The molecule has 1 rings (SSSR count). The lowest BCUT2D eigenvalue weighted by Gasteiger charge is -2.14. The van der Waals surface area contributed by atoms with Crippen LogP contribution in [0.1, 0.15) is 16.8 Å². The molecule has 98 valence electrons. The molecule has 0 aromatic heterocycles. The number of hydrogen-bond acceptors (Lipinski definition) is 4. The van der Waals surface area contributed by atoms with Gasteiger partial charge in [-0.3, -0.25) is 14.5 Å². The highest BCUT2D eigenvalue weighted by atomic mass is 35.5. The van der Waals surface area contributed by atoms with Gasteiger partial charge in [-0.05, 0) is 31.3 Å². The van der Waals surface area contributed by atoms with Gasteiger partial charge in [0.05, 0.1) is 13.7 Å². The topological polar surface area (TPSA) is 46.6 Å². The average Bonchev–Trinajstić information content (AvgIpc) is 2.36. The molecule has 0 aliphatic rings. The van der Waals surface area contributed by atoms with Gasteiger partial charge in [0.25, 0.3) is 0 Å². The summed E-state index contributed by atoms with van der Waals surface area (Å²) in [4.78, 5) is 24.6. The highest BCUT2D eigenvalue weighted by Gasteiger charge is 2.10. The maximum Gasteiger partial charge on any atom is 0.319 e. The molecule has 0 N–H and O–H groups in total. The van der Waals surface area contributed by atoms with Crippen molar-refractivity contribution in [3.8, 4) is 0 Å². The normalized spacial score (nSPS) is 10.4. The van der Waals surface area contributed by atoms with Gasteiger partial charge in [0.2, 0.25) is 0 Å². The lowest BCUT2D eigenvalue weighted by atomic mass is 10.1. The van der Waals surface area contributed by atoms with Gasteiger partial charge in [0.1, 0.15) is 0 Å². The maximum atomic E-state index is 11.8. The molecule has 0 fully saturated rings. The van der Waals surface area contributed by atoms with Gasteiger partial charge in [-0.15, -0.1) is 0 Å². The first-order chi connectivity index (χ1) is 8.52. The van der Waals surface area contributed by atoms with E-state index in [9.17, 15) is 9.59 Å². The highest BCUT2D eigenvalue weighted by molar-refractivity contribution is 6.30. The molecular formula is C13H16ClNO3. The van der Waals surface area contributed by atoms with Crippen LogP contribution < -0.4 is 0 Å². The van der Waals surface area contributed by atoms with E-state index >= 15 is 0 Å². The Kier molecular flexibility index (Phi) is 5.82. The summed E-state index contributed by atoms with van der Waals surface area (Å²) in [6.07, 6.45) is 0.356. The molecule has 5 heteroatoms. The van der Waals surface area contributed by atoms with Crippen molar-refractivity contribution >= 4 is 23.4 Å². The molecule has 0 bridgehead atoms. The minimum atomic E-state index is -0.309. The van der Waals surface area contributed by atoms with Crippen molar-refractivity contribution in [1.82, 2.24) is 4.90 Å². The summed E-state index contributed by atoms with van der Waals surface area (Å²) in [6, 6.07) is 6.77. The molecule has 0 spiro atoms. The van der Waals surface area contributed by atoms with Gasteiger partial charge < -0.3 is 4.74 Å². The third-order valence-electron chi connectivity index (χ3n) is 2.51. The summed E-state index contributed by atoms with van der Waals surface area (Å²) in [6.45, 7) is 0.695. The predicted molar refractivity (Wildman–Crippen MR) is 69.9 cm³/mol. The van der Waals surface area contributed by atoms with Crippen LogP contribution in [0.25, 0.3) is 0 Å². The first-order valence-corrected chi connectivity index (χ1v) is 5.95. The molecule has 18 heavy (non-hydrogen) atoms. The fourth-order valence-corrected chi connectivity index (χ4v) is 1.56. The summed E-state index contributed by atoms with van der Waals surface area (Å²) in [7, 11) is 3.11. The number of benzene rings is 1. The van der Waals surface area contributed by atoms with Crippen LogP contribution in [-0.2, 0) is 9.53 Å². The molecule has 0 radical (unpaired) electrons. The SMILES string of the molecule is COC(=O)CN(C)CCC(=O)c1ccc(Cl)cc1. The van der Waals surface area contributed by atoms with Crippen LogP contribution in [0.3, 0.4) is 0 Å². The van der Waals surface area contributed by atoms with Crippen LogP contribution in [0.2, 0.25) is 5.02 Å². The van der Waals surface area contributed by atoms with Crippen LogP contribution in [0, 0.1) is 0 Å². The Morgan fingerprint density at radius 2 is 1.89 bits per heavy atom. The Morgan fingerprint density at radius 3 is 2.44 bits per heavy atom. The highest BCUT2D eigenvalue weighted by Crippen LogP contribution is 2.11. The molecule has 0 saturated carbocycles. The Morgan fingerprint density at radius 1 is 1.28 bits per heavy atom. The first-order valence-electron chi connectivity index (χ1n) is 5.57. The van der Waals surface area contributed by atoms with Crippen molar-refractivity contribution in [3.05, 3.63) is 34.9 Å². The van der Waals surface area contributed by atoms with E-state index in [1.165, 1.54) is 7.11 Å². The van der Waals surface area contributed by atoms with Gasteiger partial charge in [0.15, 0.2) is 5.78 Å². The molecule has 0 unspecified atom stereocenters. The fourth-order valence-electron chi connectivity index (χ4n) is 1.44. The minimum Gasteiger partial charge on any atom is -0.468 e. The van der Waals surface area contributed by atoms with E-state index in [1.54, 1.807) is 36.2 Å². The Labute approximate surface area is 111 Å². The Bertz CT molecular complexity index is 417. The molecule has 1 aromatic carbocycles. The molecule has 0 amide bonds. The quantitative estimate of drug-likeness (QED) is 0.586. The second kappa shape index (κ2) is 7.13. The van der Waals surface area contributed by atoms with Crippen LogP contribution in [0.15, 0.2) is 24.3 Å². The Balaban J connectivity index is 2.41. The van der Waals surface area contributed by atoms with E-state index in [-0.39, 0.29) is 18.3 Å². The van der Waals surface area contributed by atoms with Gasteiger partial charge >= 0.3 is 5.97 Å². The number of hydrogen-bond donors (Lipinski definition) is 0. The van der Waals surface area contributed by atoms with Crippen LogP contribution >= 0.6 is 11.6 Å². The fraction of sp³-hybridized carbons (Fsp3) is 0.385. The number of methoxy groups -OCH3 is 1. The van der Waals surface area contributed by atoms with Gasteiger partial charge in [0, 0.05) is 23.6 Å². The van der Waals surface area contributed by atoms with E-state index < -0.39 is 0 Å². The third kappa shape index (κ3) is 4.85. The zero-order valence-electron chi connectivity index (χ0n) is 10.5. The van der Waals surface area contributed by atoms with E-state index in [1.807, 2.05) is 0 Å². The first kappa shape index (κ1) is 14.7. The number of rotatable bonds is 6. The summed E-state index contributed by atoms with van der Waals surface area (Å²) >= 11 is 5.75. The van der Waals surface area contributed by atoms with Crippen molar-refractivity contribution < 1.29 is 14.3 Å². The van der Waals surface area contributed by atoms with Crippen LogP contribution in [-0.4, -0.2) is 43.9 Å². The van der Waals surface area contributed by atoms with E-state index in [2.05, 4.69) is 4.74 Å². The monoisotopic (exact) mass is 269 g/mol. The van der Waals surface area contributed by atoms with Crippen molar-refractivity contribution in [2.24, 2.45) is 0 Å². The van der Waals surface area contributed by atoms with E-state index in [0.29, 0.717) is 23.6 Å². The Hall–Kier alpha value is -1.39. The number of halogens is 1. The number of ketones is 1. The number of ether oxygens (including phenoxy) is 1. The van der Waals surface area contributed by atoms with Gasteiger partial charge in [-0.25, -0.2) is 0 Å². The molecular weight excluding hydrogens is 254 g/mol. The summed E-state index contributed by atoms with van der Waals surface area (Å²) in [5.41, 5.74) is 0.630. The zero-order chi connectivity index (χ0) is 13.5. The predicted octanol–water partition coefficient (Wildman–Crippen LogP) is 2.02. The van der Waals surface area contributed by atoms with Gasteiger partial charge in [-0.2, -0.15) is 0 Å². The zero-order valence-corrected chi connectivity index (χ0v) is 11.2. The molecule has 0 atom stereocenters. The largest absolute Gasteiger partial charge is 0.468 e. The van der Waals surface area contributed by atoms with Crippen molar-refractivity contribution in [3.63, 3.8) is 0 Å².